The Hall–Kier alpha value is -1.13. The molecule has 66 valence electrons. The smallest absolute Gasteiger partial charge is 0.0539 e. The van der Waals surface area contributed by atoms with Crippen molar-refractivity contribution in [2.24, 2.45) is 0 Å². The summed E-state index contributed by atoms with van der Waals surface area (Å²) in [6.07, 6.45) is 5.42. The molecule has 4 nitrogen and oxygen atoms in total. The molecule has 4 heteroatoms. The molecule has 0 aliphatic carbocycles. The van der Waals surface area contributed by atoms with E-state index in [1.807, 2.05) is 31.5 Å². The predicted molar refractivity (Wildman–Crippen MR) is 49.1 cm³/mol. The Bertz CT molecular complexity index is 251. The van der Waals surface area contributed by atoms with E-state index in [1.165, 1.54) is 0 Å². The molecule has 0 aliphatic heterocycles. The lowest BCUT2D eigenvalue weighted by molar-refractivity contribution is 0.286. The van der Waals surface area contributed by atoms with Crippen LogP contribution < -0.4 is 5.43 Å². The highest BCUT2D eigenvalue weighted by Crippen LogP contribution is 1.96. The van der Waals surface area contributed by atoms with Gasteiger partial charge in [0.15, 0.2) is 0 Å². The van der Waals surface area contributed by atoms with Gasteiger partial charge >= 0.3 is 0 Å². The SMILES string of the molecule is C=Cn1cc(CNN(C)C)cn1. The van der Waals surface area contributed by atoms with Crippen LogP contribution in [0.2, 0.25) is 0 Å². The second-order valence-electron chi connectivity index (χ2n) is 2.74. The first-order valence-electron chi connectivity index (χ1n) is 3.79. The molecule has 0 aromatic carbocycles. The van der Waals surface area contributed by atoms with E-state index < -0.39 is 0 Å². The molecule has 0 saturated heterocycles. The lowest BCUT2D eigenvalue weighted by Crippen LogP contribution is -2.29. The molecule has 1 aromatic heterocycles. The number of hydrogen-bond donors (Lipinski definition) is 1. The molecule has 0 amide bonds. The molecule has 1 rings (SSSR count). The summed E-state index contributed by atoms with van der Waals surface area (Å²) in [4.78, 5) is 0. The van der Waals surface area contributed by atoms with Crippen LogP contribution in [0.15, 0.2) is 19.0 Å². The second-order valence-corrected chi connectivity index (χ2v) is 2.74. The summed E-state index contributed by atoms with van der Waals surface area (Å²) in [7, 11) is 3.91. The number of hydrogen-bond acceptors (Lipinski definition) is 3. The number of nitrogens with zero attached hydrogens (tertiary/aromatic N) is 3. The Morgan fingerprint density at radius 1 is 1.75 bits per heavy atom. The fourth-order valence-electron chi connectivity index (χ4n) is 0.818. The first kappa shape index (κ1) is 8.96. The van der Waals surface area contributed by atoms with Gasteiger partial charge in [0.2, 0.25) is 0 Å². The highest BCUT2D eigenvalue weighted by Gasteiger charge is 1.95. The molecule has 0 aliphatic rings. The third-order valence-corrected chi connectivity index (χ3v) is 1.44. The van der Waals surface area contributed by atoms with Crippen LogP contribution in [0.3, 0.4) is 0 Å². The lowest BCUT2D eigenvalue weighted by Gasteiger charge is -2.09. The van der Waals surface area contributed by atoms with E-state index in [1.54, 1.807) is 10.9 Å². The summed E-state index contributed by atoms with van der Waals surface area (Å²) >= 11 is 0. The Kier molecular flexibility index (Phi) is 3.01. The van der Waals surface area contributed by atoms with E-state index >= 15 is 0 Å². The normalized spacial score (nSPS) is 10.6. The van der Waals surface area contributed by atoms with Crippen molar-refractivity contribution in [2.45, 2.75) is 6.54 Å². The number of aromatic nitrogens is 2. The van der Waals surface area contributed by atoms with Crippen molar-refractivity contribution in [2.75, 3.05) is 14.1 Å². The van der Waals surface area contributed by atoms with Gasteiger partial charge in [0.05, 0.1) is 6.20 Å². The number of hydrazine groups is 1. The largest absolute Gasteiger partial charge is 0.251 e. The van der Waals surface area contributed by atoms with Crippen LogP contribution in [0.1, 0.15) is 5.56 Å². The van der Waals surface area contributed by atoms with Crippen molar-refractivity contribution in [1.29, 1.82) is 0 Å². The molecule has 0 fully saturated rings. The minimum atomic E-state index is 0.792. The molecule has 1 N–H and O–H groups in total. The van der Waals surface area contributed by atoms with Gasteiger partial charge in [-0.15, -0.1) is 0 Å². The molecule has 0 radical (unpaired) electrons. The molecule has 1 heterocycles. The van der Waals surface area contributed by atoms with Crippen LogP contribution in [0.25, 0.3) is 6.20 Å². The molecule has 0 spiro atoms. The zero-order valence-electron chi connectivity index (χ0n) is 7.49. The van der Waals surface area contributed by atoms with Crippen LogP contribution in [-0.2, 0) is 6.54 Å². The van der Waals surface area contributed by atoms with Gasteiger partial charge in [-0.2, -0.15) is 5.10 Å². The maximum absolute atomic E-state index is 4.05. The quantitative estimate of drug-likeness (QED) is 0.663. The Balaban J connectivity index is 2.47. The van der Waals surface area contributed by atoms with Crippen molar-refractivity contribution >= 4 is 6.20 Å². The van der Waals surface area contributed by atoms with E-state index in [4.69, 9.17) is 0 Å². The maximum atomic E-state index is 4.05. The van der Waals surface area contributed by atoms with E-state index in [2.05, 4.69) is 17.1 Å². The van der Waals surface area contributed by atoms with Crippen molar-refractivity contribution in [1.82, 2.24) is 20.2 Å². The summed E-state index contributed by atoms with van der Waals surface area (Å²) < 4.78 is 1.69. The third-order valence-electron chi connectivity index (χ3n) is 1.44. The Morgan fingerprint density at radius 2 is 2.50 bits per heavy atom. The number of nitrogens with one attached hydrogen (secondary N) is 1. The average Bonchev–Trinajstić information content (AvgIpc) is 2.48. The third kappa shape index (κ3) is 2.48. The molecule has 0 bridgehead atoms. The van der Waals surface area contributed by atoms with Crippen molar-refractivity contribution in [3.63, 3.8) is 0 Å². The average molecular weight is 166 g/mol. The Morgan fingerprint density at radius 3 is 3.00 bits per heavy atom. The molecule has 0 atom stereocenters. The monoisotopic (exact) mass is 166 g/mol. The van der Waals surface area contributed by atoms with E-state index in [-0.39, 0.29) is 0 Å². The van der Waals surface area contributed by atoms with Crippen LogP contribution >= 0.6 is 0 Å². The summed E-state index contributed by atoms with van der Waals surface area (Å²) in [6.45, 7) is 4.40. The van der Waals surface area contributed by atoms with Crippen LogP contribution in [0.5, 0.6) is 0 Å². The van der Waals surface area contributed by atoms with Gasteiger partial charge in [-0.1, -0.05) is 6.58 Å². The van der Waals surface area contributed by atoms with E-state index in [0.717, 1.165) is 12.1 Å². The molecule has 12 heavy (non-hydrogen) atoms. The topological polar surface area (TPSA) is 33.1 Å². The fraction of sp³-hybridized carbons (Fsp3) is 0.375. The van der Waals surface area contributed by atoms with Gasteiger partial charge in [-0.3, -0.25) is 10.4 Å². The first-order valence-corrected chi connectivity index (χ1v) is 3.79. The summed E-state index contributed by atoms with van der Waals surface area (Å²) in [5.74, 6) is 0. The van der Waals surface area contributed by atoms with Crippen LogP contribution in [0.4, 0.5) is 0 Å². The molecule has 1 aromatic rings. The van der Waals surface area contributed by atoms with Crippen LogP contribution in [-0.4, -0.2) is 28.9 Å². The zero-order chi connectivity index (χ0) is 8.97. The van der Waals surface area contributed by atoms with E-state index in [9.17, 15) is 0 Å². The minimum absolute atomic E-state index is 0.792. The van der Waals surface area contributed by atoms with Crippen molar-refractivity contribution < 1.29 is 0 Å². The molecule has 0 saturated carbocycles. The summed E-state index contributed by atoms with van der Waals surface area (Å²) in [5, 5.41) is 5.96. The van der Waals surface area contributed by atoms with Gasteiger partial charge in [-0.05, 0) is 0 Å². The summed E-state index contributed by atoms with van der Waals surface area (Å²) in [5.41, 5.74) is 4.29. The first-order chi connectivity index (χ1) is 5.72. The maximum Gasteiger partial charge on any atom is 0.0539 e. The second kappa shape index (κ2) is 4.04. The Labute approximate surface area is 72.5 Å². The van der Waals surface area contributed by atoms with Gasteiger partial charge in [0.1, 0.15) is 0 Å². The van der Waals surface area contributed by atoms with Crippen LogP contribution in [0, 0.1) is 0 Å². The molecular formula is C8H14N4. The van der Waals surface area contributed by atoms with Gasteiger partial charge < -0.3 is 0 Å². The van der Waals surface area contributed by atoms with Gasteiger partial charge in [-0.25, -0.2) is 4.68 Å². The highest BCUT2D eigenvalue weighted by molar-refractivity contribution is 5.17. The van der Waals surface area contributed by atoms with Gasteiger partial charge in [0, 0.05) is 38.6 Å². The highest BCUT2D eigenvalue weighted by atomic mass is 15.5. The fourth-order valence-corrected chi connectivity index (χ4v) is 0.818. The predicted octanol–water partition coefficient (Wildman–Crippen LogP) is 0.550. The summed E-state index contributed by atoms with van der Waals surface area (Å²) in [6, 6.07) is 0. The minimum Gasteiger partial charge on any atom is -0.251 e. The standard InChI is InChI=1S/C8H14N4/c1-4-12-7-8(6-10-12)5-9-11(2)3/h4,6-7,9H,1,5H2,2-3H3. The molecule has 0 unspecified atom stereocenters. The van der Waals surface area contributed by atoms with Crippen molar-refractivity contribution in [3.8, 4) is 0 Å². The van der Waals surface area contributed by atoms with Gasteiger partial charge in [0.25, 0.3) is 0 Å². The van der Waals surface area contributed by atoms with Crippen molar-refractivity contribution in [3.05, 3.63) is 24.5 Å². The number of rotatable bonds is 4. The molecular weight excluding hydrogens is 152 g/mol. The lowest BCUT2D eigenvalue weighted by atomic mass is 10.4. The zero-order valence-corrected chi connectivity index (χ0v) is 7.49. The van der Waals surface area contributed by atoms with E-state index in [0.29, 0.717) is 0 Å².